The van der Waals surface area contributed by atoms with Crippen molar-refractivity contribution < 1.29 is 22.7 Å². The van der Waals surface area contributed by atoms with Gasteiger partial charge in [0.05, 0.1) is 23.9 Å². The first-order valence-electron chi connectivity index (χ1n) is 7.96. The summed E-state index contributed by atoms with van der Waals surface area (Å²) in [5.41, 5.74) is 1.71. The Hall–Kier alpha value is -2.54. The molecular formula is C20H15BrF3NO2. The Balaban J connectivity index is 2.26. The van der Waals surface area contributed by atoms with E-state index in [9.17, 15) is 18.0 Å². The summed E-state index contributed by atoms with van der Waals surface area (Å²) in [5.74, 6) is -0.545. The van der Waals surface area contributed by atoms with Crippen molar-refractivity contribution in [3.63, 3.8) is 0 Å². The molecule has 0 saturated heterocycles. The molecule has 27 heavy (non-hydrogen) atoms. The standard InChI is InChI=1S/C20H15BrF3NO2/c1-12-17(19(26)27-2)11-18(13-6-8-15(21)9-7-13)25(12)16-5-3-4-14(10-16)20(22,23)24/h3-11H,1-2H3. The predicted molar refractivity (Wildman–Crippen MR) is 100.0 cm³/mol. The molecule has 0 radical (unpaired) electrons. The van der Waals surface area contributed by atoms with Gasteiger partial charge in [-0.3, -0.25) is 0 Å². The average Bonchev–Trinajstić information content (AvgIpc) is 2.98. The fraction of sp³-hybridized carbons (Fsp3) is 0.150. The number of hydrogen-bond acceptors (Lipinski definition) is 2. The van der Waals surface area contributed by atoms with Gasteiger partial charge in [-0.25, -0.2) is 4.79 Å². The summed E-state index contributed by atoms with van der Waals surface area (Å²) in [6, 6.07) is 13.9. The lowest BCUT2D eigenvalue weighted by atomic mass is 10.1. The first-order chi connectivity index (χ1) is 12.7. The van der Waals surface area contributed by atoms with Gasteiger partial charge in [0, 0.05) is 15.9 Å². The lowest BCUT2D eigenvalue weighted by molar-refractivity contribution is -0.137. The highest BCUT2D eigenvalue weighted by atomic mass is 79.9. The lowest BCUT2D eigenvalue weighted by Gasteiger charge is -2.15. The van der Waals surface area contributed by atoms with Crippen LogP contribution in [0.25, 0.3) is 16.9 Å². The van der Waals surface area contributed by atoms with Crippen LogP contribution in [0.3, 0.4) is 0 Å². The average molecular weight is 438 g/mol. The summed E-state index contributed by atoms with van der Waals surface area (Å²) in [6.45, 7) is 1.68. The van der Waals surface area contributed by atoms with Crippen LogP contribution in [0.5, 0.6) is 0 Å². The smallest absolute Gasteiger partial charge is 0.416 e. The zero-order valence-corrected chi connectivity index (χ0v) is 16.1. The highest BCUT2D eigenvalue weighted by Gasteiger charge is 2.31. The molecular weight excluding hydrogens is 423 g/mol. The summed E-state index contributed by atoms with van der Waals surface area (Å²) < 4.78 is 46.8. The van der Waals surface area contributed by atoms with E-state index >= 15 is 0 Å². The number of benzene rings is 2. The van der Waals surface area contributed by atoms with Crippen molar-refractivity contribution in [3.8, 4) is 16.9 Å². The Morgan fingerprint density at radius 1 is 1.07 bits per heavy atom. The quantitative estimate of drug-likeness (QED) is 0.469. The first-order valence-corrected chi connectivity index (χ1v) is 8.76. The molecule has 0 saturated carbocycles. The zero-order chi connectivity index (χ0) is 19.8. The number of nitrogens with zero attached hydrogens (tertiary/aromatic N) is 1. The van der Waals surface area contributed by atoms with E-state index in [0.29, 0.717) is 22.6 Å². The van der Waals surface area contributed by atoms with Gasteiger partial charge in [0.1, 0.15) is 0 Å². The molecule has 0 amide bonds. The van der Waals surface area contributed by atoms with Gasteiger partial charge in [-0.05, 0) is 48.9 Å². The fourth-order valence-electron chi connectivity index (χ4n) is 2.91. The number of alkyl halides is 3. The van der Waals surface area contributed by atoms with E-state index in [1.54, 1.807) is 23.6 Å². The van der Waals surface area contributed by atoms with Crippen LogP contribution in [0.4, 0.5) is 13.2 Å². The molecule has 140 valence electrons. The second-order valence-electron chi connectivity index (χ2n) is 5.91. The first kappa shape index (κ1) is 19.2. The minimum Gasteiger partial charge on any atom is -0.465 e. The normalized spacial score (nSPS) is 11.5. The maximum Gasteiger partial charge on any atom is 0.416 e. The van der Waals surface area contributed by atoms with Crippen LogP contribution >= 0.6 is 15.9 Å². The minimum absolute atomic E-state index is 0.299. The molecule has 0 bridgehead atoms. The number of hydrogen-bond donors (Lipinski definition) is 0. The topological polar surface area (TPSA) is 31.2 Å². The number of aromatic nitrogens is 1. The Kier molecular flexibility index (Phi) is 5.15. The summed E-state index contributed by atoms with van der Waals surface area (Å²) in [7, 11) is 1.27. The Morgan fingerprint density at radius 2 is 1.74 bits per heavy atom. The molecule has 1 heterocycles. The van der Waals surface area contributed by atoms with Gasteiger partial charge in [0.15, 0.2) is 0 Å². The van der Waals surface area contributed by atoms with Crippen molar-refractivity contribution >= 4 is 21.9 Å². The molecule has 3 aromatic rings. The third kappa shape index (κ3) is 3.78. The largest absolute Gasteiger partial charge is 0.465 e. The molecule has 0 aliphatic heterocycles. The van der Waals surface area contributed by atoms with E-state index in [-0.39, 0.29) is 0 Å². The van der Waals surface area contributed by atoms with Crippen molar-refractivity contribution in [2.75, 3.05) is 7.11 Å². The van der Waals surface area contributed by atoms with E-state index in [1.807, 2.05) is 24.3 Å². The number of halogens is 4. The van der Waals surface area contributed by atoms with Crippen LogP contribution < -0.4 is 0 Å². The van der Waals surface area contributed by atoms with Gasteiger partial charge in [-0.1, -0.05) is 34.1 Å². The van der Waals surface area contributed by atoms with Gasteiger partial charge in [0.2, 0.25) is 0 Å². The number of esters is 1. The molecule has 3 rings (SSSR count). The van der Waals surface area contributed by atoms with Crippen LogP contribution in [0.1, 0.15) is 21.6 Å². The van der Waals surface area contributed by atoms with Gasteiger partial charge < -0.3 is 9.30 Å². The van der Waals surface area contributed by atoms with Crippen molar-refractivity contribution in [1.29, 1.82) is 0 Å². The molecule has 0 unspecified atom stereocenters. The number of carbonyl (C=O) groups excluding carboxylic acids is 1. The SMILES string of the molecule is COC(=O)c1cc(-c2ccc(Br)cc2)n(-c2cccc(C(F)(F)F)c2)c1C. The summed E-state index contributed by atoms with van der Waals surface area (Å²) in [6.07, 6.45) is -4.46. The summed E-state index contributed by atoms with van der Waals surface area (Å²) >= 11 is 3.36. The summed E-state index contributed by atoms with van der Waals surface area (Å²) in [5, 5.41) is 0. The van der Waals surface area contributed by atoms with E-state index in [2.05, 4.69) is 15.9 Å². The van der Waals surface area contributed by atoms with Crippen LogP contribution in [-0.2, 0) is 10.9 Å². The van der Waals surface area contributed by atoms with Crippen molar-refractivity contribution in [1.82, 2.24) is 4.57 Å². The Labute approximate surface area is 162 Å². The molecule has 0 fully saturated rings. The van der Waals surface area contributed by atoms with E-state index in [4.69, 9.17) is 4.74 Å². The maximum atomic E-state index is 13.2. The van der Waals surface area contributed by atoms with Gasteiger partial charge >= 0.3 is 12.1 Å². The Bertz CT molecular complexity index is 991. The molecule has 0 N–H and O–H groups in total. The number of rotatable bonds is 3. The van der Waals surface area contributed by atoms with Crippen LogP contribution in [0.2, 0.25) is 0 Å². The van der Waals surface area contributed by atoms with Gasteiger partial charge in [-0.15, -0.1) is 0 Å². The number of carbonyl (C=O) groups is 1. The van der Waals surface area contributed by atoms with Gasteiger partial charge in [0.25, 0.3) is 0 Å². The van der Waals surface area contributed by atoms with E-state index < -0.39 is 17.7 Å². The number of ether oxygens (including phenoxy) is 1. The lowest BCUT2D eigenvalue weighted by Crippen LogP contribution is -2.08. The molecule has 3 nitrogen and oxygen atoms in total. The third-order valence-corrected chi connectivity index (χ3v) is 4.75. The molecule has 0 aliphatic rings. The second-order valence-corrected chi connectivity index (χ2v) is 6.83. The molecule has 0 atom stereocenters. The zero-order valence-electron chi connectivity index (χ0n) is 14.5. The van der Waals surface area contributed by atoms with Crippen LogP contribution in [0, 0.1) is 6.92 Å². The minimum atomic E-state index is -4.46. The Morgan fingerprint density at radius 3 is 2.33 bits per heavy atom. The third-order valence-electron chi connectivity index (χ3n) is 4.22. The monoisotopic (exact) mass is 437 g/mol. The molecule has 0 spiro atoms. The van der Waals surface area contributed by atoms with E-state index in [1.165, 1.54) is 13.2 Å². The van der Waals surface area contributed by atoms with Crippen LogP contribution in [-0.4, -0.2) is 17.6 Å². The number of methoxy groups -OCH3 is 1. The maximum absolute atomic E-state index is 13.2. The summed E-state index contributed by atoms with van der Waals surface area (Å²) in [4.78, 5) is 12.1. The van der Waals surface area contributed by atoms with Crippen LogP contribution in [0.15, 0.2) is 59.1 Å². The van der Waals surface area contributed by atoms with Crippen molar-refractivity contribution in [3.05, 3.63) is 75.9 Å². The van der Waals surface area contributed by atoms with Gasteiger partial charge in [-0.2, -0.15) is 13.2 Å². The second kappa shape index (κ2) is 7.23. The molecule has 0 aliphatic carbocycles. The molecule has 7 heteroatoms. The highest BCUT2D eigenvalue weighted by Crippen LogP contribution is 2.34. The molecule has 1 aromatic heterocycles. The fourth-order valence-corrected chi connectivity index (χ4v) is 3.17. The van der Waals surface area contributed by atoms with E-state index in [0.717, 1.165) is 22.2 Å². The predicted octanol–water partition coefficient (Wildman–Crippen LogP) is 6.02. The molecule has 2 aromatic carbocycles. The highest BCUT2D eigenvalue weighted by molar-refractivity contribution is 9.10. The van der Waals surface area contributed by atoms with Crippen molar-refractivity contribution in [2.45, 2.75) is 13.1 Å². The van der Waals surface area contributed by atoms with Crippen molar-refractivity contribution in [2.24, 2.45) is 0 Å².